The van der Waals surface area contributed by atoms with Gasteiger partial charge in [0.05, 0.1) is 12.7 Å². The van der Waals surface area contributed by atoms with E-state index in [4.69, 9.17) is 4.74 Å². The molecule has 0 spiro atoms. The fourth-order valence-electron chi connectivity index (χ4n) is 3.00. The van der Waals surface area contributed by atoms with Gasteiger partial charge < -0.3 is 17.1 Å². The first kappa shape index (κ1) is 19.9. The molecule has 0 atom stereocenters. The Morgan fingerprint density at radius 2 is 1.81 bits per heavy atom. The van der Waals surface area contributed by atoms with Crippen molar-refractivity contribution in [1.29, 1.82) is 0 Å². The Morgan fingerprint density at radius 1 is 1.08 bits per heavy atom. The minimum Gasteiger partial charge on any atom is -1.00 e. The van der Waals surface area contributed by atoms with Gasteiger partial charge >= 0.3 is 0 Å². The van der Waals surface area contributed by atoms with Crippen LogP contribution in [0.4, 0.5) is 0 Å². The van der Waals surface area contributed by atoms with E-state index in [1.165, 1.54) is 11.1 Å². The zero-order valence-corrected chi connectivity index (χ0v) is 16.1. The van der Waals surface area contributed by atoms with Crippen molar-refractivity contribution in [3.05, 3.63) is 71.3 Å². The van der Waals surface area contributed by atoms with Gasteiger partial charge in [0.1, 0.15) is 11.3 Å². The van der Waals surface area contributed by atoms with Gasteiger partial charge in [0.25, 0.3) is 5.84 Å². The second-order valence-electron chi connectivity index (χ2n) is 6.85. The van der Waals surface area contributed by atoms with Gasteiger partial charge in [-0.15, -0.1) is 0 Å². The van der Waals surface area contributed by atoms with Gasteiger partial charge in [-0.3, -0.25) is 5.32 Å². The summed E-state index contributed by atoms with van der Waals surface area (Å²) in [5, 5.41) is 10.9. The summed E-state index contributed by atoms with van der Waals surface area (Å²) in [7, 11) is 1.67. The van der Waals surface area contributed by atoms with Crippen molar-refractivity contribution in [2.24, 2.45) is 10.2 Å². The van der Waals surface area contributed by atoms with E-state index in [9.17, 15) is 0 Å². The molecule has 26 heavy (non-hydrogen) atoms. The number of benzene rings is 2. The molecule has 0 bridgehead atoms. The zero-order chi connectivity index (χ0) is 17.7. The number of hydrogen-bond donors (Lipinski definition) is 1. The molecule has 1 heterocycles. The number of hydrogen-bond acceptors (Lipinski definition) is 3. The number of halogens is 1. The zero-order valence-electron chi connectivity index (χ0n) is 15.3. The van der Waals surface area contributed by atoms with Gasteiger partial charge in [0.15, 0.2) is 0 Å². The summed E-state index contributed by atoms with van der Waals surface area (Å²) in [6.07, 6.45) is 6.63. The molecule has 0 radical (unpaired) electrons. The maximum Gasteiger partial charge on any atom is 0.251 e. The monoisotopic (exact) mass is 369 g/mol. The lowest BCUT2D eigenvalue weighted by molar-refractivity contribution is -0.619. The summed E-state index contributed by atoms with van der Waals surface area (Å²) in [6, 6.07) is 16.3. The maximum atomic E-state index is 5.15. The number of methoxy groups -OCH3 is 1. The Kier molecular flexibility index (Phi) is 6.72. The molecule has 3 rings (SSSR count). The van der Waals surface area contributed by atoms with Crippen LogP contribution in [0.25, 0.3) is 6.08 Å². The number of nitrogens with two attached hydrogens (primary N) is 1. The van der Waals surface area contributed by atoms with Crippen molar-refractivity contribution in [1.82, 2.24) is 0 Å². The number of nitrogens with zero attached hydrogens (tertiary/aromatic N) is 2. The van der Waals surface area contributed by atoms with Crippen LogP contribution in [0.15, 0.2) is 64.8 Å². The van der Waals surface area contributed by atoms with Crippen LogP contribution in [0.2, 0.25) is 0 Å². The molecule has 0 unspecified atom stereocenters. The largest absolute Gasteiger partial charge is 1.00 e. The van der Waals surface area contributed by atoms with Crippen LogP contribution >= 0.6 is 0 Å². The molecule has 136 valence electrons. The Hall–Kier alpha value is -2.43. The lowest BCUT2D eigenvalue weighted by Gasteiger charge is -2.29. The van der Waals surface area contributed by atoms with Crippen molar-refractivity contribution < 1.29 is 22.5 Å². The van der Waals surface area contributed by atoms with E-state index in [0.717, 1.165) is 23.6 Å². The minimum atomic E-state index is 0. The van der Waals surface area contributed by atoms with E-state index >= 15 is 0 Å². The van der Waals surface area contributed by atoms with Crippen LogP contribution in [0.1, 0.15) is 30.5 Å². The fraction of sp³-hybridized carbons (Fsp3) is 0.238. The number of fused-ring (bicyclic) bond motifs is 1. The van der Waals surface area contributed by atoms with Crippen LogP contribution in [-0.2, 0) is 6.42 Å². The second-order valence-corrected chi connectivity index (χ2v) is 6.85. The third-order valence-corrected chi connectivity index (χ3v) is 4.19. The SMILES string of the molecule is COc1ccc(/C=C/C=N/N=C2/[NH2+]C(C)(C)Cc3ccccc32)cc1.[Cl-]. The highest BCUT2D eigenvalue weighted by atomic mass is 35.5. The molecule has 0 aliphatic carbocycles. The van der Waals surface area contributed by atoms with Gasteiger partial charge in [0, 0.05) is 12.6 Å². The highest BCUT2D eigenvalue weighted by Gasteiger charge is 2.33. The maximum absolute atomic E-state index is 5.15. The Bertz CT molecular complexity index is 823. The molecule has 0 amide bonds. The average molecular weight is 370 g/mol. The molecule has 2 N–H and O–H groups in total. The lowest BCUT2D eigenvalue weighted by atomic mass is 9.87. The summed E-state index contributed by atoms with van der Waals surface area (Å²) >= 11 is 0. The fourth-order valence-corrected chi connectivity index (χ4v) is 3.00. The smallest absolute Gasteiger partial charge is 0.251 e. The van der Waals surface area contributed by atoms with Crippen LogP contribution in [0.5, 0.6) is 5.75 Å². The van der Waals surface area contributed by atoms with E-state index in [0.29, 0.717) is 0 Å². The molecule has 5 heteroatoms. The number of amidine groups is 1. The van der Waals surface area contributed by atoms with Crippen molar-refractivity contribution in [3.63, 3.8) is 0 Å². The molecule has 2 aromatic carbocycles. The third-order valence-electron chi connectivity index (χ3n) is 4.19. The molecule has 2 aromatic rings. The highest BCUT2D eigenvalue weighted by Crippen LogP contribution is 2.18. The predicted molar refractivity (Wildman–Crippen MR) is 103 cm³/mol. The van der Waals surface area contributed by atoms with E-state index in [1.807, 2.05) is 42.5 Å². The number of quaternary nitrogens is 1. The van der Waals surface area contributed by atoms with Gasteiger partial charge in [-0.1, -0.05) is 41.5 Å². The Balaban J connectivity index is 0.00000243. The van der Waals surface area contributed by atoms with Gasteiger partial charge in [0.2, 0.25) is 0 Å². The number of rotatable bonds is 4. The molecule has 4 nitrogen and oxygen atoms in total. The lowest BCUT2D eigenvalue weighted by Crippen LogP contribution is -3.00. The first-order chi connectivity index (χ1) is 12.1. The van der Waals surface area contributed by atoms with Gasteiger partial charge in [-0.25, -0.2) is 0 Å². The summed E-state index contributed by atoms with van der Waals surface area (Å²) < 4.78 is 5.15. The molecule has 0 saturated heterocycles. The number of ether oxygens (including phenoxy) is 1. The summed E-state index contributed by atoms with van der Waals surface area (Å²) in [5.41, 5.74) is 3.70. The van der Waals surface area contributed by atoms with Gasteiger partial charge in [-0.2, -0.15) is 5.10 Å². The van der Waals surface area contributed by atoms with E-state index < -0.39 is 0 Å². The highest BCUT2D eigenvalue weighted by molar-refractivity contribution is 5.94. The first-order valence-electron chi connectivity index (χ1n) is 8.43. The number of allylic oxidation sites excluding steroid dienone is 1. The molecule has 1 aliphatic rings. The van der Waals surface area contributed by atoms with E-state index in [-0.39, 0.29) is 17.9 Å². The van der Waals surface area contributed by atoms with Crippen molar-refractivity contribution in [2.45, 2.75) is 25.8 Å². The summed E-state index contributed by atoms with van der Waals surface area (Å²) in [5.74, 6) is 1.80. The van der Waals surface area contributed by atoms with Crippen molar-refractivity contribution in [2.75, 3.05) is 7.11 Å². The van der Waals surface area contributed by atoms with Crippen molar-refractivity contribution in [3.8, 4) is 5.75 Å². The normalized spacial score (nSPS) is 17.3. The standard InChI is InChI=1S/C21H23N3O.ClH/c1-21(2)15-17-8-4-5-9-19(17)20(23-21)24-22-14-6-7-16-10-12-18(25-3)13-11-16;/h4-14H,15H2,1-3H3,(H,23,24);1H/b7-6+,22-14+;. The summed E-state index contributed by atoms with van der Waals surface area (Å²) in [4.78, 5) is 0. The average Bonchev–Trinajstić information content (AvgIpc) is 2.61. The van der Waals surface area contributed by atoms with Crippen LogP contribution in [-0.4, -0.2) is 24.7 Å². The third kappa shape index (κ3) is 5.04. The molecule has 0 saturated carbocycles. The summed E-state index contributed by atoms with van der Waals surface area (Å²) in [6.45, 7) is 4.46. The van der Waals surface area contributed by atoms with Gasteiger partial charge in [-0.05, 0) is 49.2 Å². The van der Waals surface area contributed by atoms with Crippen LogP contribution in [0.3, 0.4) is 0 Å². The van der Waals surface area contributed by atoms with E-state index in [1.54, 1.807) is 13.3 Å². The molecule has 0 fully saturated rings. The molecular formula is C21H24ClN3O. The Labute approximate surface area is 161 Å². The molecule has 1 aliphatic heterocycles. The van der Waals surface area contributed by atoms with E-state index in [2.05, 4.69) is 47.6 Å². The van der Waals surface area contributed by atoms with Crippen molar-refractivity contribution >= 4 is 18.1 Å². The second kappa shape index (κ2) is 8.79. The molecule has 0 aromatic heterocycles. The van der Waals surface area contributed by atoms with Crippen LogP contribution in [0, 0.1) is 0 Å². The van der Waals surface area contributed by atoms with Crippen LogP contribution < -0.4 is 22.5 Å². The topological polar surface area (TPSA) is 50.6 Å². The minimum absolute atomic E-state index is 0. The Morgan fingerprint density at radius 3 is 2.54 bits per heavy atom. The first-order valence-corrected chi connectivity index (χ1v) is 8.43. The quantitative estimate of drug-likeness (QED) is 0.600. The molecular weight excluding hydrogens is 346 g/mol. The predicted octanol–water partition coefficient (Wildman–Crippen LogP) is 0.0431.